The molecule has 0 aliphatic heterocycles. The Hall–Kier alpha value is -2.16. The van der Waals surface area contributed by atoms with E-state index in [1.54, 1.807) is 10.6 Å². The lowest BCUT2D eigenvalue weighted by Gasteiger charge is -2.14. The van der Waals surface area contributed by atoms with Gasteiger partial charge in [0.25, 0.3) is 5.56 Å². The Balaban J connectivity index is 2.72. The molecule has 3 heteroatoms. The number of aryl methyl sites for hydroxylation is 2. The van der Waals surface area contributed by atoms with Gasteiger partial charge < -0.3 is 4.57 Å². The smallest absolute Gasteiger partial charge is 0.261 e. The summed E-state index contributed by atoms with van der Waals surface area (Å²) in [5, 5.41) is 0. The van der Waals surface area contributed by atoms with Gasteiger partial charge in [-0.3, -0.25) is 9.59 Å². The van der Waals surface area contributed by atoms with E-state index in [0.717, 1.165) is 16.8 Å². The second-order valence-electron chi connectivity index (χ2n) is 4.66. The van der Waals surface area contributed by atoms with Gasteiger partial charge in [-0.1, -0.05) is 23.8 Å². The maximum atomic E-state index is 12.1. The van der Waals surface area contributed by atoms with Crippen LogP contribution in [0, 0.1) is 13.8 Å². The maximum absolute atomic E-state index is 12.1. The predicted octanol–water partition coefficient (Wildman–Crippen LogP) is 2.96. The third kappa shape index (κ3) is 2.36. The number of aromatic nitrogens is 1. The second kappa shape index (κ2) is 5.22. The number of carbonyl (C=O) groups is 1. The minimum absolute atomic E-state index is 0.204. The molecule has 1 heterocycles. The average molecular weight is 255 g/mol. The third-order valence-electron chi connectivity index (χ3n) is 3.30. The number of nitrogens with zero attached hydrogens (tertiary/aromatic N) is 1. The van der Waals surface area contributed by atoms with E-state index < -0.39 is 0 Å². The molecule has 19 heavy (non-hydrogen) atoms. The normalized spacial score (nSPS) is 10.5. The molecule has 0 radical (unpaired) electrons. The molecule has 0 aliphatic carbocycles. The molecule has 1 aromatic carbocycles. The highest BCUT2D eigenvalue weighted by Crippen LogP contribution is 2.23. The van der Waals surface area contributed by atoms with Crippen molar-refractivity contribution in [1.29, 1.82) is 0 Å². The van der Waals surface area contributed by atoms with Gasteiger partial charge in [-0.25, -0.2) is 0 Å². The summed E-state index contributed by atoms with van der Waals surface area (Å²) >= 11 is 0. The van der Waals surface area contributed by atoms with Crippen molar-refractivity contribution < 1.29 is 4.79 Å². The van der Waals surface area contributed by atoms with Gasteiger partial charge in [0, 0.05) is 12.1 Å². The average Bonchev–Trinajstić information content (AvgIpc) is 2.38. The molecule has 2 aromatic rings. The molecule has 0 saturated heterocycles. The molecule has 2 rings (SSSR count). The van der Waals surface area contributed by atoms with Gasteiger partial charge in [0.05, 0.1) is 11.3 Å². The summed E-state index contributed by atoms with van der Waals surface area (Å²) in [5.74, 6) is 0. The Morgan fingerprint density at radius 2 is 1.89 bits per heavy atom. The van der Waals surface area contributed by atoms with Gasteiger partial charge in [-0.15, -0.1) is 0 Å². The fourth-order valence-corrected chi connectivity index (χ4v) is 2.34. The van der Waals surface area contributed by atoms with Crippen molar-refractivity contribution in [2.24, 2.45) is 0 Å². The molecular formula is C16H17NO2. The third-order valence-corrected chi connectivity index (χ3v) is 3.30. The Morgan fingerprint density at radius 1 is 1.16 bits per heavy atom. The minimum Gasteiger partial charge on any atom is -0.308 e. The highest BCUT2D eigenvalue weighted by molar-refractivity contribution is 5.75. The first-order valence-corrected chi connectivity index (χ1v) is 6.35. The van der Waals surface area contributed by atoms with Crippen LogP contribution in [0.1, 0.15) is 28.4 Å². The van der Waals surface area contributed by atoms with E-state index in [4.69, 9.17) is 0 Å². The van der Waals surface area contributed by atoms with E-state index in [1.807, 2.05) is 39.0 Å². The van der Waals surface area contributed by atoms with Gasteiger partial charge >= 0.3 is 0 Å². The van der Waals surface area contributed by atoms with Crippen LogP contribution in [0.25, 0.3) is 11.3 Å². The van der Waals surface area contributed by atoms with Crippen LogP contribution in [0.2, 0.25) is 0 Å². The summed E-state index contributed by atoms with van der Waals surface area (Å²) in [5.41, 5.74) is 4.18. The topological polar surface area (TPSA) is 39.1 Å². The van der Waals surface area contributed by atoms with E-state index in [1.165, 1.54) is 5.56 Å². The van der Waals surface area contributed by atoms with Crippen molar-refractivity contribution in [3.63, 3.8) is 0 Å². The van der Waals surface area contributed by atoms with Crippen LogP contribution in [0.4, 0.5) is 0 Å². The molecule has 0 fully saturated rings. The predicted molar refractivity (Wildman–Crippen MR) is 76.7 cm³/mol. The van der Waals surface area contributed by atoms with Crippen molar-refractivity contribution in [1.82, 2.24) is 4.57 Å². The molecule has 0 spiro atoms. The number of benzene rings is 1. The fraction of sp³-hybridized carbons (Fsp3) is 0.250. The number of carbonyl (C=O) groups excluding carboxylic acids is 1. The molecule has 0 bridgehead atoms. The van der Waals surface area contributed by atoms with E-state index in [-0.39, 0.29) is 11.1 Å². The Bertz CT molecular complexity index is 684. The summed E-state index contributed by atoms with van der Waals surface area (Å²) in [6.45, 7) is 6.52. The number of hydrogen-bond donors (Lipinski definition) is 0. The second-order valence-corrected chi connectivity index (χ2v) is 4.66. The molecule has 98 valence electrons. The van der Waals surface area contributed by atoms with Crippen LogP contribution < -0.4 is 5.56 Å². The SMILES string of the molecule is CCn1c(-c2ccc(C)cc2C)ccc(C=O)c1=O. The van der Waals surface area contributed by atoms with Crippen molar-refractivity contribution >= 4 is 6.29 Å². The van der Waals surface area contributed by atoms with E-state index in [0.29, 0.717) is 12.8 Å². The van der Waals surface area contributed by atoms with Crippen molar-refractivity contribution in [3.05, 3.63) is 57.4 Å². The molecule has 0 saturated carbocycles. The molecule has 0 N–H and O–H groups in total. The van der Waals surface area contributed by atoms with E-state index in [9.17, 15) is 9.59 Å². The lowest BCUT2D eigenvalue weighted by molar-refractivity contribution is 0.112. The number of hydrogen-bond acceptors (Lipinski definition) is 2. The molecular weight excluding hydrogens is 238 g/mol. The standard InChI is InChI=1S/C16H17NO2/c1-4-17-15(8-6-13(10-18)16(17)19)14-7-5-11(2)9-12(14)3/h5-10H,4H2,1-3H3. The van der Waals surface area contributed by atoms with Crippen LogP contribution in [0.15, 0.2) is 35.1 Å². The highest BCUT2D eigenvalue weighted by atomic mass is 16.1. The Morgan fingerprint density at radius 3 is 2.47 bits per heavy atom. The van der Waals surface area contributed by atoms with Crippen molar-refractivity contribution in [2.45, 2.75) is 27.3 Å². The van der Waals surface area contributed by atoms with E-state index >= 15 is 0 Å². The largest absolute Gasteiger partial charge is 0.308 e. The highest BCUT2D eigenvalue weighted by Gasteiger charge is 2.10. The lowest BCUT2D eigenvalue weighted by atomic mass is 10.0. The van der Waals surface area contributed by atoms with Crippen molar-refractivity contribution in [3.8, 4) is 11.3 Å². The number of rotatable bonds is 3. The zero-order chi connectivity index (χ0) is 14.0. The van der Waals surface area contributed by atoms with Crippen LogP contribution in [-0.4, -0.2) is 10.9 Å². The molecule has 3 nitrogen and oxygen atoms in total. The summed E-state index contributed by atoms with van der Waals surface area (Å²) in [4.78, 5) is 23.0. The quantitative estimate of drug-likeness (QED) is 0.791. The van der Waals surface area contributed by atoms with Gasteiger partial charge in [-0.2, -0.15) is 0 Å². The van der Waals surface area contributed by atoms with Crippen LogP contribution >= 0.6 is 0 Å². The van der Waals surface area contributed by atoms with Gasteiger partial charge in [0.2, 0.25) is 0 Å². The molecule has 0 unspecified atom stereocenters. The Labute approximate surface area is 112 Å². The summed E-state index contributed by atoms with van der Waals surface area (Å²) in [7, 11) is 0. The van der Waals surface area contributed by atoms with Crippen LogP contribution in [0.3, 0.4) is 0 Å². The summed E-state index contributed by atoms with van der Waals surface area (Å²) in [6.07, 6.45) is 0.611. The first kappa shape index (κ1) is 13.3. The molecule has 1 aromatic heterocycles. The minimum atomic E-state index is -0.227. The first-order chi connectivity index (χ1) is 9.08. The number of pyridine rings is 1. The molecule has 0 aliphatic rings. The van der Waals surface area contributed by atoms with Crippen LogP contribution in [0.5, 0.6) is 0 Å². The summed E-state index contributed by atoms with van der Waals surface area (Å²) < 4.78 is 1.64. The van der Waals surface area contributed by atoms with Gasteiger partial charge in [0.1, 0.15) is 0 Å². The fourth-order valence-electron chi connectivity index (χ4n) is 2.34. The zero-order valence-electron chi connectivity index (χ0n) is 11.4. The van der Waals surface area contributed by atoms with Gasteiger partial charge in [-0.05, 0) is 38.5 Å². The molecule has 0 atom stereocenters. The monoisotopic (exact) mass is 255 g/mol. The number of aldehydes is 1. The summed E-state index contributed by atoms with van der Waals surface area (Å²) in [6, 6.07) is 9.57. The Kier molecular flexibility index (Phi) is 3.65. The van der Waals surface area contributed by atoms with Gasteiger partial charge in [0.15, 0.2) is 6.29 Å². The maximum Gasteiger partial charge on any atom is 0.261 e. The van der Waals surface area contributed by atoms with Crippen molar-refractivity contribution in [2.75, 3.05) is 0 Å². The lowest BCUT2D eigenvalue weighted by Crippen LogP contribution is -2.24. The zero-order valence-corrected chi connectivity index (χ0v) is 11.4. The van der Waals surface area contributed by atoms with Crippen LogP contribution in [-0.2, 0) is 6.54 Å². The van der Waals surface area contributed by atoms with E-state index in [2.05, 4.69) is 6.07 Å². The first-order valence-electron chi connectivity index (χ1n) is 6.35. The molecule has 0 amide bonds.